The molecule has 2 aromatic carbocycles. The molecule has 0 saturated carbocycles. The summed E-state index contributed by atoms with van der Waals surface area (Å²) < 4.78 is 28.1. The number of carbonyl (C=O) groups is 1. The molecule has 13 heteroatoms. The van der Waals surface area contributed by atoms with Gasteiger partial charge in [-0.05, 0) is 43.2 Å². The fourth-order valence-electron chi connectivity index (χ4n) is 4.07. The number of benzene rings is 2. The van der Waals surface area contributed by atoms with Crippen LogP contribution in [-0.4, -0.2) is 56.9 Å². The number of hydrogen-bond acceptors (Lipinski definition) is 9. The monoisotopic (exact) mass is 531 g/mol. The van der Waals surface area contributed by atoms with Crippen LogP contribution >= 0.6 is 11.8 Å². The first kappa shape index (κ1) is 26.1. The number of thioether (sulfide) groups is 1. The van der Waals surface area contributed by atoms with Gasteiger partial charge in [-0.15, -0.1) is 0 Å². The summed E-state index contributed by atoms with van der Waals surface area (Å²) in [6.45, 7) is 2.39. The van der Waals surface area contributed by atoms with E-state index >= 15 is 0 Å². The van der Waals surface area contributed by atoms with Crippen LogP contribution in [0.1, 0.15) is 12.5 Å². The zero-order valence-electron chi connectivity index (χ0n) is 19.9. The van der Waals surface area contributed by atoms with E-state index in [1.54, 1.807) is 24.1 Å². The molecule has 0 spiro atoms. The lowest BCUT2D eigenvalue weighted by Crippen LogP contribution is -2.50. The summed E-state index contributed by atoms with van der Waals surface area (Å²) in [6.07, 6.45) is 0.250. The largest absolute Gasteiger partial charge is 0.497 e. The quantitative estimate of drug-likeness (QED) is 0.337. The van der Waals surface area contributed by atoms with Gasteiger partial charge in [0.15, 0.2) is 5.17 Å². The number of carbonyl (C=O) groups excluding carboxylic acids is 1. The highest BCUT2D eigenvalue weighted by Gasteiger charge is 2.43. The molecule has 0 aromatic heterocycles. The molecule has 192 valence electrons. The molecule has 0 radical (unpaired) electrons. The van der Waals surface area contributed by atoms with Gasteiger partial charge in [0.1, 0.15) is 17.8 Å². The lowest BCUT2D eigenvalue weighted by Gasteiger charge is -2.36. The van der Waals surface area contributed by atoms with Crippen molar-refractivity contribution in [1.29, 1.82) is 5.41 Å². The van der Waals surface area contributed by atoms with Crippen LogP contribution in [-0.2, 0) is 21.2 Å². The standard InChI is InChI=1S/C23H29N7O4S2/c1-14-20-21(24)30(16-4-3-5-17(12-16)34-2)23(27-22(20)29-28-14)35-13-19(31)26-11-10-15-6-8-18(9-7-15)36(25,32)33/h3-9,12,14,20,22,24,28-29H,10-11,13H2,1-2H3,(H,26,31)(H2,25,32,33). The number of rotatable bonds is 8. The van der Waals surface area contributed by atoms with Crippen molar-refractivity contribution in [2.24, 2.45) is 16.0 Å². The number of nitrogens with one attached hydrogen (secondary N) is 4. The number of hydrogen-bond donors (Lipinski definition) is 5. The molecule has 11 nitrogen and oxygen atoms in total. The molecule has 0 aliphatic carbocycles. The second kappa shape index (κ2) is 11.0. The number of nitrogens with zero attached hydrogens (tertiary/aromatic N) is 2. The maximum atomic E-state index is 12.6. The molecular formula is C23H29N7O4S2. The molecule has 2 aliphatic heterocycles. The van der Waals surface area contributed by atoms with Crippen molar-refractivity contribution >= 4 is 44.4 Å². The maximum Gasteiger partial charge on any atom is 0.238 e. The number of ether oxygens (including phenoxy) is 1. The fraction of sp³-hybridized carbons (Fsp3) is 0.348. The van der Waals surface area contributed by atoms with Gasteiger partial charge >= 0.3 is 0 Å². The Morgan fingerprint density at radius 2 is 2.00 bits per heavy atom. The Balaban J connectivity index is 1.39. The van der Waals surface area contributed by atoms with Crippen LogP contribution in [0.2, 0.25) is 0 Å². The molecule has 1 fully saturated rings. The van der Waals surface area contributed by atoms with Crippen LogP contribution in [0.15, 0.2) is 58.4 Å². The number of sulfonamides is 1. The number of fused-ring (bicyclic) bond motifs is 1. The molecule has 0 bridgehead atoms. The van der Waals surface area contributed by atoms with Gasteiger partial charge in [0.2, 0.25) is 15.9 Å². The number of amides is 1. The van der Waals surface area contributed by atoms with Crippen LogP contribution in [0.3, 0.4) is 0 Å². The van der Waals surface area contributed by atoms with Gasteiger partial charge in [-0.2, -0.15) is 0 Å². The highest BCUT2D eigenvalue weighted by molar-refractivity contribution is 8.14. The van der Waals surface area contributed by atoms with Gasteiger partial charge in [-0.3, -0.25) is 20.5 Å². The van der Waals surface area contributed by atoms with E-state index in [0.29, 0.717) is 29.7 Å². The summed E-state index contributed by atoms with van der Waals surface area (Å²) in [6, 6.07) is 13.7. The number of anilines is 1. The first-order valence-corrected chi connectivity index (χ1v) is 13.8. The third kappa shape index (κ3) is 5.87. The highest BCUT2D eigenvalue weighted by Crippen LogP contribution is 2.33. The molecule has 3 unspecified atom stereocenters. The molecule has 6 N–H and O–H groups in total. The second-order valence-corrected chi connectivity index (χ2v) is 11.0. The number of methoxy groups -OCH3 is 1. The van der Waals surface area contributed by atoms with Crippen molar-refractivity contribution in [3.8, 4) is 5.75 Å². The summed E-state index contributed by atoms with van der Waals surface area (Å²) in [5, 5.41) is 17.5. The van der Waals surface area contributed by atoms with Gasteiger partial charge in [-0.1, -0.05) is 30.0 Å². The summed E-state index contributed by atoms with van der Waals surface area (Å²) in [4.78, 5) is 19.2. The molecule has 2 aromatic rings. The zero-order valence-corrected chi connectivity index (χ0v) is 21.5. The van der Waals surface area contributed by atoms with E-state index in [1.807, 2.05) is 31.2 Å². The lowest BCUT2D eigenvalue weighted by molar-refractivity contribution is -0.118. The fourth-order valence-corrected chi connectivity index (χ4v) is 5.47. The van der Waals surface area contributed by atoms with Crippen LogP contribution in [0, 0.1) is 11.3 Å². The number of amidine groups is 2. The highest BCUT2D eigenvalue weighted by atomic mass is 32.2. The molecule has 1 saturated heterocycles. The van der Waals surface area contributed by atoms with Crippen molar-refractivity contribution in [2.45, 2.75) is 30.4 Å². The lowest BCUT2D eigenvalue weighted by atomic mass is 9.97. The Morgan fingerprint density at radius 3 is 2.69 bits per heavy atom. The number of nitrogens with two attached hydrogens (primary N) is 1. The summed E-state index contributed by atoms with van der Waals surface area (Å²) in [5.74, 6) is 0.845. The molecule has 1 amide bonds. The van der Waals surface area contributed by atoms with E-state index in [0.717, 1.165) is 11.3 Å². The van der Waals surface area contributed by atoms with E-state index in [2.05, 4.69) is 16.2 Å². The van der Waals surface area contributed by atoms with Gasteiger partial charge in [-0.25, -0.2) is 24.0 Å². The number of primary sulfonamides is 1. The normalized spacial score (nSPS) is 21.6. The summed E-state index contributed by atoms with van der Waals surface area (Å²) in [5.41, 5.74) is 7.90. The van der Waals surface area contributed by atoms with E-state index < -0.39 is 10.0 Å². The van der Waals surface area contributed by atoms with Crippen LogP contribution < -0.4 is 30.9 Å². The van der Waals surface area contributed by atoms with Crippen LogP contribution in [0.5, 0.6) is 5.75 Å². The first-order chi connectivity index (χ1) is 17.2. The second-order valence-electron chi connectivity index (χ2n) is 8.46. The molecule has 2 aliphatic rings. The van der Waals surface area contributed by atoms with E-state index in [4.69, 9.17) is 20.3 Å². The van der Waals surface area contributed by atoms with Crippen molar-refractivity contribution in [2.75, 3.05) is 24.3 Å². The van der Waals surface area contributed by atoms with Crippen molar-refractivity contribution < 1.29 is 17.9 Å². The predicted molar refractivity (Wildman–Crippen MR) is 141 cm³/mol. The van der Waals surface area contributed by atoms with Crippen LogP contribution in [0.25, 0.3) is 0 Å². The van der Waals surface area contributed by atoms with E-state index in [1.165, 1.54) is 23.9 Å². The Labute approximate surface area is 214 Å². The van der Waals surface area contributed by atoms with E-state index in [9.17, 15) is 13.2 Å². The maximum absolute atomic E-state index is 12.6. The number of hydrazine groups is 1. The van der Waals surface area contributed by atoms with Gasteiger partial charge in [0.25, 0.3) is 0 Å². The minimum atomic E-state index is -3.73. The summed E-state index contributed by atoms with van der Waals surface area (Å²) in [7, 11) is -2.14. The van der Waals surface area contributed by atoms with Gasteiger partial charge in [0.05, 0.1) is 29.4 Å². The Morgan fingerprint density at radius 1 is 1.25 bits per heavy atom. The molecule has 4 rings (SSSR count). The average molecular weight is 532 g/mol. The molecule has 3 atom stereocenters. The Bertz CT molecular complexity index is 1270. The molecular weight excluding hydrogens is 502 g/mol. The Kier molecular flexibility index (Phi) is 7.95. The van der Waals surface area contributed by atoms with Gasteiger partial charge in [0, 0.05) is 18.7 Å². The predicted octanol–water partition coefficient (Wildman–Crippen LogP) is 1.03. The van der Waals surface area contributed by atoms with Crippen molar-refractivity contribution in [1.82, 2.24) is 16.2 Å². The number of aliphatic imine (C=N–C) groups is 1. The zero-order chi connectivity index (χ0) is 25.9. The minimum Gasteiger partial charge on any atom is -0.497 e. The average Bonchev–Trinajstić information content (AvgIpc) is 3.23. The SMILES string of the molecule is COc1cccc(N2C(=N)C3C(C)NNC3N=C2SCC(=O)NCCc2ccc(S(N)(=O)=O)cc2)c1. The topological polar surface area (TPSA) is 162 Å². The van der Waals surface area contributed by atoms with Crippen molar-refractivity contribution in [3.63, 3.8) is 0 Å². The third-order valence-electron chi connectivity index (χ3n) is 5.97. The molecule has 36 heavy (non-hydrogen) atoms. The molecule has 2 heterocycles. The minimum absolute atomic E-state index is 0.0215. The van der Waals surface area contributed by atoms with Gasteiger partial charge < -0.3 is 10.1 Å². The first-order valence-electron chi connectivity index (χ1n) is 11.3. The van der Waals surface area contributed by atoms with Crippen molar-refractivity contribution in [3.05, 3.63) is 54.1 Å². The van der Waals surface area contributed by atoms with E-state index in [-0.39, 0.29) is 34.7 Å². The Hall–Kier alpha value is -2.97. The van der Waals surface area contributed by atoms with Crippen LogP contribution in [0.4, 0.5) is 5.69 Å². The smallest absolute Gasteiger partial charge is 0.238 e. The summed E-state index contributed by atoms with van der Waals surface area (Å²) >= 11 is 1.26. The third-order valence-corrected chi connectivity index (χ3v) is 7.85.